The van der Waals surface area contributed by atoms with Crippen molar-refractivity contribution in [1.82, 2.24) is 0 Å². The molecule has 1 nitrogen and oxygen atoms in total. The first-order chi connectivity index (χ1) is 5.25. The number of Topliss-reactive ketones (excluding diaryl/α,β-unsaturated/α-hetero) is 1. The molecule has 1 heterocycles. The van der Waals surface area contributed by atoms with E-state index in [1.165, 1.54) is 4.88 Å². The number of ketones is 1. The van der Waals surface area contributed by atoms with Crippen LogP contribution in [-0.4, -0.2) is 5.78 Å². The number of hydrogen-bond acceptors (Lipinski definition) is 2. The quantitative estimate of drug-likeness (QED) is 0.634. The zero-order chi connectivity index (χ0) is 8.27. The lowest BCUT2D eigenvalue weighted by Crippen LogP contribution is -1.93. The van der Waals surface area contributed by atoms with Gasteiger partial charge in [0.15, 0.2) is 5.78 Å². The SMILES string of the molecule is CCCc1sccc1C(C)=O. The molecule has 2 heteroatoms. The first kappa shape index (κ1) is 8.47. The molecule has 0 spiro atoms. The highest BCUT2D eigenvalue weighted by Crippen LogP contribution is 2.18. The van der Waals surface area contributed by atoms with Gasteiger partial charge in [-0.2, -0.15) is 0 Å². The molecule has 0 aliphatic rings. The van der Waals surface area contributed by atoms with E-state index in [9.17, 15) is 4.79 Å². The average molecular weight is 168 g/mol. The van der Waals surface area contributed by atoms with Crippen LogP contribution in [0.1, 0.15) is 35.5 Å². The van der Waals surface area contributed by atoms with E-state index in [1.807, 2.05) is 11.4 Å². The summed E-state index contributed by atoms with van der Waals surface area (Å²) in [5.41, 5.74) is 0.914. The summed E-state index contributed by atoms with van der Waals surface area (Å²) in [5, 5.41) is 1.99. The Morgan fingerprint density at radius 1 is 1.64 bits per heavy atom. The summed E-state index contributed by atoms with van der Waals surface area (Å²) >= 11 is 1.68. The second-order valence-electron chi connectivity index (χ2n) is 2.56. The van der Waals surface area contributed by atoms with Gasteiger partial charge in [-0.15, -0.1) is 11.3 Å². The minimum atomic E-state index is 0.190. The molecule has 0 aromatic carbocycles. The van der Waals surface area contributed by atoms with Crippen molar-refractivity contribution in [2.24, 2.45) is 0 Å². The van der Waals surface area contributed by atoms with Gasteiger partial charge in [-0.25, -0.2) is 0 Å². The smallest absolute Gasteiger partial charge is 0.160 e. The van der Waals surface area contributed by atoms with Gasteiger partial charge in [-0.3, -0.25) is 4.79 Å². The summed E-state index contributed by atoms with van der Waals surface area (Å²) in [6.45, 7) is 3.75. The van der Waals surface area contributed by atoms with E-state index in [4.69, 9.17) is 0 Å². The summed E-state index contributed by atoms with van der Waals surface area (Å²) < 4.78 is 0. The van der Waals surface area contributed by atoms with Crippen LogP contribution >= 0.6 is 11.3 Å². The Bertz CT molecular complexity index is 250. The number of thiophene rings is 1. The van der Waals surface area contributed by atoms with Crippen molar-refractivity contribution in [1.29, 1.82) is 0 Å². The normalized spacial score (nSPS) is 10.0. The molecule has 1 aromatic heterocycles. The lowest BCUT2D eigenvalue weighted by molar-refractivity contribution is 0.101. The van der Waals surface area contributed by atoms with E-state index in [0.717, 1.165) is 18.4 Å². The average Bonchev–Trinajstić information content (AvgIpc) is 2.36. The molecule has 0 atom stereocenters. The van der Waals surface area contributed by atoms with E-state index in [1.54, 1.807) is 18.3 Å². The van der Waals surface area contributed by atoms with Gasteiger partial charge in [0.25, 0.3) is 0 Å². The van der Waals surface area contributed by atoms with Crippen molar-refractivity contribution in [2.45, 2.75) is 26.7 Å². The molecule has 0 unspecified atom stereocenters. The van der Waals surface area contributed by atoms with Crippen LogP contribution in [0.25, 0.3) is 0 Å². The van der Waals surface area contributed by atoms with Crippen LogP contribution in [0.2, 0.25) is 0 Å². The Morgan fingerprint density at radius 2 is 2.36 bits per heavy atom. The lowest BCUT2D eigenvalue weighted by atomic mass is 10.1. The number of carbonyl (C=O) groups is 1. The fourth-order valence-corrected chi connectivity index (χ4v) is 2.10. The van der Waals surface area contributed by atoms with Crippen LogP contribution in [-0.2, 0) is 6.42 Å². The maximum Gasteiger partial charge on any atom is 0.160 e. The Hall–Kier alpha value is -0.630. The third-order valence-electron chi connectivity index (χ3n) is 1.60. The highest BCUT2D eigenvalue weighted by atomic mass is 32.1. The molecular weight excluding hydrogens is 156 g/mol. The van der Waals surface area contributed by atoms with Gasteiger partial charge < -0.3 is 0 Å². The number of hydrogen-bond donors (Lipinski definition) is 0. The molecule has 0 N–H and O–H groups in total. The Labute approximate surface area is 71.1 Å². The minimum absolute atomic E-state index is 0.190. The first-order valence-electron chi connectivity index (χ1n) is 3.83. The topological polar surface area (TPSA) is 17.1 Å². The van der Waals surface area contributed by atoms with Gasteiger partial charge in [-0.1, -0.05) is 13.3 Å². The predicted octanol–water partition coefficient (Wildman–Crippen LogP) is 2.90. The third kappa shape index (κ3) is 1.90. The van der Waals surface area contributed by atoms with E-state index in [2.05, 4.69) is 6.92 Å². The third-order valence-corrected chi connectivity index (χ3v) is 2.58. The molecule has 0 aliphatic heterocycles. The maximum absolute atomic E-state index is 11.0. The highest BCUT2D eigenvalue weighted by molar-refractivity contribution is 7.10. The van der Waals surface area contributed by atoms with E-state index in [-0.39, 0.29) is 5.78 Å². The van der Waals surface area contributed by atoms with Crippen molar-refractivity contribution < 1.29 is 4.79 Å². The Morgan fingerprint density at radius 3 is 2.91 bits per heavy atom. The molecular formula is C9H12OS. The fraction of sp³-hybridized carbons (Fsp3) is 0.444. The highest BCUT2D eigenvalue weighted by Gasteiger charge is 2.06. The summed E-state index contributed by atoms with van der Waals surface area (Å²) in [4.78, 5) is 12.2. The molecule has 0 saturated carbocycles. The van der Waals surface area contributed by atoms with Crippen LogP contribution in [0.4, 0.5) is 0 Å². The van der Waals surface area contributed by atoms with Crippen LogP contribution in [0.15, 0.2) is 11.4 Å². The molecule has 0 aliphatic carbocycles. The zero-order valence-corrected chi connectivity index (χ0v) is 7.70. The maximum atomic E-state index is 11.0. The number of aryl methyl sites for hydroxylation is 1. The van der Waals surface area contributed by atoms with Gasteiger partial charge in [0, 0.05) is 10.4 Å². The second kappa shape index (κ2) is 3.67. The number of rotatable bonds is 3. The summed E-state index contributed by atoms with van der Waals surface area (Å²) in [5.74, 6) is 0.190. The zero-order valence-electron chi connectivity index (χ0n) is 6.89. The van der Waals surface area contributed by atoms with Gasteiger partial charge in [0.1, 0.15) is 0 Å². The summed E-state index contributed by atoms with van der Waals surface area (Å²) in [7, 11) is 0. The Balaban J connectivity index is 2.87. The minimum Gasteiger partial charge on any atom is -0.294 e. The monoisotopic (exact) mass is 168 g/mol. The molecule has 0 saturated heterocycles. The van der Waals surface area contributed by atoms with Crippen molar-refractivity contribution >= 4 is 17.1 Å². The number of carbonyl (C=O) groups excluding carboxylic acids is 1. The second-order valence-corrected chi connectivity index (χ2v) is 3.56. The fourth-order valence-electron chi connectivity index (χ4n) is 1.07. The molecule has 0 radical (unpaired) electrons. The lowest BCUT2D eigenvalue weighted by Gasteiger charge is -1.95. The van der Waals surface area contributed by atoms with Gasteiger partial charge in [0.2, 0.25) is 0 Å². The van der Waals surface area contributed by atoms with Crippen LogP contribution in [0.5, 0.6) is 0 Å². The first-order valence-corrected chi connectivity index (χ1v) is 4.71. The molecule has 0 amide bonds. The van der Waals surface area contributed by atoms with Crippen LogP contribution in [0, 0.1) is 0 Å². The van der Waals surface area contributed by atoms with Crippen molar-refractivity contribution in [2.75, 3.05) is 0 Å². The molecule has 1 rings (SSSR count). The van der Waals surface area contributed by atoms with Crippen molar-refractivity contribution in [3.8, 4) is 0 Å². The van der Waals surface area contributed by atoms with Gasteiger partial charge in [0.05, 0.1) is 0 Å². The van der Waals surface area contributed by atoms with Gasteiger partial charge >= 0.3 is 0 Å². The predicted molar refractivity (Wildman–Crippen MR) is 48.3 cm³/mol. The summed E-state index contributed by atoms with van der Waals surface area (Å²) in [6, 6.07) is 1.91. The summed E-state index contributed by atoms with van der Waals surface area (Å²) in [6.07, 6.45) is 2.15. The molecule has 0 fully saturated rings. The standard InChI is InChI=1S/C9H12OS/c1-3-4-9-8(7(2)10)5-6-11-9/h5-6H,3-4H2,1-2H3. The van der Waals surface area contributed by atoms with Crippen molar-refractivity contribution in [3.05, 3.63) is 21.9 Å². The van der Waals surface area contributed by atoms with Crippen LogP contribution in [0.3, 0.4) is 0 Å². The van der Waals surface area contributed by atoms with E-state index in [0.29, 0.717) is 0 Å². The van der Waals surface area contributed by atoms with Crippen LogP contribution < -0.4 is 0 Å². The molecule has 0 bridgehead atoms. The molecule has 60 valence electrons. The van der Waals surface area contributed by atoms with E-state index < -0.39 is 0 Å². The largest absolute Gasteiger partial charge is 0.294 e. The Kier molecular flexibility index (Phi) is 2.83. The molecule has 11 heavy (non-hydrogen) atoms. The molecule has 1 aromatic rings. The van der Waals surface area contributed by atoms with Gasteiger partial charge in [-0.05, 0) is 24.8 Å². The van der Waals surface area contributed by atoms with E-state index >= 15 is 0 Å². The van der Waals surface area contributed by atoms with Crippen molar-refractivity contribution in [3.63, 3.8) is 0 Å².